The zero-order valence-electron chi connectivity index (χ0n) is 9.34. The number of nitrogens with zero attached hydrogens (tertiary/aromatic N) is 1. The fraction of sp³-hybridized carbons (Fsp3) is 0.364. The van der Waals surface area contributed by atoms with E-state index in [0.29, 0.717) is 24.3 Å². The van der Waals surface area contributed by atoms with E-state index in [1.165, 1.54) is 12.1 Å². The summed E-state index contributed by atoms with van der Waals surface area (Å²) in [7, 11) is 1.73. The van der Waals surface area contributed by atoms with Gasteiger partial charge < -0.3 is 16.0 Å². The minimum Gasteiger partial charge on any atom is -0.397 e. The standard InChI is InChI=1S/C11H13ClFN3O/c1-16-3-2-9(11(16)17)15-10-5-7(13)6(12)4-8(10)14/h4-5,9,15H,2-3,14H2,1H3. The van der Waals surface area contributed by atoms with E-state index in [-0.39, 0.29) is 17.0 Å². The number of nitrogen functional groups attached to an aromatic ring is 1. The maximum absolute atomic E-state index is 13.3. The third-order valence-corrected chi connectivity index (χ3v) is 3.14. The van der Waals surface area contributed by atoms with Gasteiger partial charge in [0, 0.05) is 19.7 Å². The molecule has 0 spiro atoms. The van der Waals surface area contributed by atoms with Crippen LogP contribution in [0, 0.1) is 5.82 Å². The zero-order valence-corrected chi connectivity index (χ0v) is 10.1. The number of anilines is 2. The van der Waals surface area contributed by atoms with Crippen molar-refractivity contribution in [2.75, 3.05) is 24.6 Å². The van der Waals surface area contributed by atoms with Crippen molar-refractivity contribution in [2.24, 2.45) is 0 Å². The fourth-order valence-electron chi connectivity index (χ4n) is 1.83. The van der Waals surface area contributed by atoms with Gasteiger partial charge in [0.15, 0.2) is 0 Å². The van der Waals surface area contributed by atoms with Crippen molar-refractivity contribution in [3.8, 4) is 0 Å². The largest absolute Gasteiger partial charge is 0.397 e. The maximum atomic E-state index is 13.3. The van der Waals surface area contributed by atoms with E-state index >= 15 is 0 Å². The molecule has 92 valence electrons. The summed E-state index contributed by atoms with van der Waals surface area (Å²) >= 11 is 5.60. The van der Waals surface area contributed by atoms with Gasteiger partial charge in [0.1, 0.15) is 11.9 Å². The quantitative estimate of drug-likeness (QED) is 0.793. The second-order valence-electron chi connectivity index (χ2n) is 4.10. The number of nitrogens with two attached hydrogens (primary N) is 1. The number of benzene rings is 1. The Kier molecular flexibility index (Phi) is 3.11. The number of nitrogens with one attached hydrogen (secondary N) is 1. The van der Waals surface area contributed by atoms with Crippen LogP contribution in [0.1, 0.15) is 6.42 Å². The Labute approximate surface area is 104 Å². The first-order chi connectivity index (χ1) is 7.99. The molecule has 1 aliphatic heterocycles. The van der Waals surface area contributed by atoms with Crippen molar-refractivity contribution in [2.45, 2.75) is 12.5 Å². The highest BCUT2D eigenvalue weighted by Gasteiger charge is 2.29. The number of rotatable bonds is 2. The number of carbonyl (C=O) groups excluding carboxylic acids is 1. The average Bonchev–Trinajstić information content (AvgIpc) is 2.58. The van der Waals surface area contributed by atoms with E-state index in [0.717, 1.165) is 0 Å². The number of hydrogen-bond acceptors (Lipinski definition) is 3. The molecule has 1 saturated heterocycles. The normalized spacial score (nSPS) is 19.8. The lowest BCUT2D eigenvalue weighted by Crippen LogP contribution is -2.31. The average molecular weight is 258 g/mol. The van der Waals surface area contributed by atoms with E-state index in [1.54, 1.807) is 11.9 Å². The first-order valence-corrected chi connectivity index (χ1v) is 5.63. The van der Waals surface area contributed by atoms with Gasteiger partial charge >= 0.3 is 0 Å². The molecule has 1 aromatic carbocycles. The Hall–Kier alpha value is -1.49. The van der Waals surface area contributed by atoms with Gasteiger partial charge in [0.25, 0.3) is 0 Å². The topological polar surface area (TPSA) is 58.4 Å². The fourth-order valence-corrected chi connectivity index (χ4v) is 2.00. The van der Waals surface area contributed by atoms with Gasteiger partial charge in [0.2, 0.25) is 5.91 Å². The van der Waals surface area contributed by atoms with E-state index in [2.05, 4.69) is 5.32 Å². The van der Waals surface area contributed by atoms with Crippen LogP contribution in [0.25, 0.3) is 0 Å². The smallest absolute Gasteiger partial charge is 0.244 e. The molecule has 6 heteroatoms. The predicted octanol–water partition coefficient (Wildman–Crippen LogP) is 1.70. The Morgan fingerprint density at radius 3 is 2.88 bits per heavy atom. The molecule has 2 rings (SSSR count). The van der Waals surface area contributed by atoms with E-state index in [4.69, 9.17) is 17.3 Å². The SMILES string of the molecule is CN1CCC(Nc2cc(F)c(Cl)cc2N)C1=O. The summed E-state index contributed by atoms with van der Waals surface area (Å²) in [5.41, 5.74) is 6.45. The van der Waals surface area contributed by atoms with Crippen molar-refractivity contribution in [3.05, 3.63) is 23.0 Å². The lowest BCUT2D eigenvalue weighted by atomic mass is 10.2. The number of likely N-dealkylation sites (N-methyl/N-ethyl adjacent to an activating group) is 1. The Balaban J connectivity index is 2.19. The van der Waals surface area contributed by atoms with Crippen LogP contribution >= 0.6 is 11.6 Å². The summed E-state index contributed by atoms with van der Waals surface area (Å²) in [4.78, 5) is 13.3. The molecule has 0 bridgehead atoms. The van der Waals surface area contributed by atoms with Gasteiger partial charge in [-0.25, -0.2) is 4.39 Å². The molecule has 1 aromatic rings. The molecule has 4 nitrogen and oxygen atoms in total. The van der Waals surface area contributed by atoms with Crippen molar-refractivity contribution in [1.82, 2.24) is 4.90 Å². The number of halogens is 2. The summed E-state index contributed by atoms with van der Waals surface area (Å²) < 4.78 is 13.3. The van der Waals surface area contributed by atoms with Gasteiger partial charge in [-0.15, -0.1) is 0 Å². The minimum atomic E-state index is -0.554. The van der Waals surface area contributed by atoms with Crippen LogP contribution in [-0.4, -0.2) is 30.4 Å². The monoisotopic (exact) mass is 257 g/mol. The summed E-state index contributed by atoms with van der Waals surface area (Å²) in [6.07, 6.45) is 0.680. The summed E-state index contributed by atoms with van der Waals surface area (Å²) in [5.74, 6) is -0.568. The van der Waals surface area contributed by atoms with Crippen molar-refractivity contribution in [1.29, 1.82) is 0 Å². The van der Waals surface area contributed by atoms with E-state index < -0.39 is 5.82 Å². The molecular weight excluding hydrogens is 245 g/mol. The summed E-state index contributed by atoms with van der Waals surface area (Å²) in [6.45, 7) is 0.687. The first-order valence-electron chi connectivity index (χ1n) is 5.25. The van der Waals surface area contributed by atoms with Crippen molar-refractivity contribution >= 4 is 28.9 Å². The molecule has 0 radical (unpaired) electrons. The number of carbonyl (C=O) groups is 1. The van der Waals surface area contributed by atoms with Crippen LogP contribution in [0.4, 0.5) is 15.8 Å². The lowest BCUT2D eigenvalue weighted by Gasteiger charge is -2.15. The van der Waals surface area contributed by atoms with Crippen LogP contribution in [0.15, 0.2) is 12.1 Å². The van der Waals surface area contributed by atoms with Crippen LogP contribution in [0.5, 0.6) is 0 Å². The molecule has 1 amide bonds. The molecule has 1 unspecified atom stereocenters. The Bertz CT molecular complexity index is 466. The molecule has 3 N–H and O–H groups in total. The lowest BCUT2D eigenvalue weighted by molar-refractivity contribution is -0.127. The molecule has 0 aromatic heterocycles. The summed E-state index contributed by atoms with van der Waals surface area (Å²) in [5, 5.41) is 2.92. The van der Waals surface area contributed by atoms with E-state index in [1.807, 2.05) is 0 Å². The Morgan fingerprint density at radius 2 is 2.29 bits per heavy atom. The molecule has 17 heavy (non-hydrogen) atoms. The molecule has 1 atom stereocenters. The van der Waals surface area contributed by atoms with E-state index in [9.17, 15) is 9.18 Å². The minimum absolute atomic E-state index is 0.0141. The van der Waals surface area contributed by atoms with Gasteiger partial charge in [0.05, 0.1) is 16.4 Å². The van der Waals surface area contributed by atoms with Gasteiger partial charge in [-0.2, -0.15) is 0 Å². The molecule has 0 aliphatic carbocycles. The van der Waals surface area contributed by atoms with Crippen LogP contribution in [0.3, 0.4) is 0 Å². The zero-order chi connectivity index (χ0) is 12.6. The van der Waals surface area contributed by atoms with Gasteiger partial charge in [-0.05, 0) is 12.5 Å². The number of amides is 1. The van der Waals surface area contributed by atoms with Gasteiger partial charge in [-0.3, -0.25) is 4.79 Å². The van der Waals surface area contributed by atoms with Crippen molar-refractivity contribution in [3.63, 3.8) is 0 Å². The van der Waals surface area contributed by atoms with Crippen LogP contribution in [0.2, 0.25) is 5.02 Å². The number of likely N-dealkylation sites (tertiary alicyclic amines) is 1. The predicted molar refractivity (Wildman–Crippen MR) is 65.5 cm³/mol. The first kappa shape index (κ1) is 12.0. The van der Waals surface area contributed by atoms with Crippen molar-refractivity contribution < 1.29 is 9.18 Å². The second kappa shape index (κ2) is 4.41. The molecular formula is C11H13ClFN3O. The maximum Gasteiger partial charge on any atom is 0.244 e. The summed E-state index contributed by atoms with van der Waals surface area (Å²) in [6, 6.07) is 2.20. The molecule has 1 fully saturated rings. The molecule has 0 saturated carbocycles. The molecule has 1 heterocycles. The molecule has 1 aliphatic rings. The highest BCUT2D eigenvalue weighted by molar-refractivity contribution is 6.31. The second-order valence-corrected chi connectivity index (χ2v) is 4.51. The van der Waals surface area contributed by atoms with Crippen LogP contribution < -0.4 is 11.1 Å². The third kappa shape index (κ3) is 2.29. The van der Waals surface area contributed by atoms with Crippen LogP contribution in [-0.2, 0) is 4.79 Å². The third-order valence-electron chi connectivity index (χ3n) is 2.85. The van der Waals surface area contributed by atoms with Gasteiger partial charge in [-0.1, -0.05) is 11.6 Å². The highest BCUT2D eigenvalue weighted by Crippen LogP contribution is 2.27. The Morgan fingerprint density at radius 1 is 1.59 bits per heavy atom. The highest BCUT2D eigenvalue weighted by atomic mass is 35.5. The number of hydrogen-bond donors (Lipinski definition) is 2.